The summed E-state index contributed by atoms with van der Waals surface area (Å²) < 4.78 is 6.87. The lowest BCUT2D eigenvalue weighted by atomic mass is 10.2. The molecule has 1 N–H and O–H groups in total. The van der Waals surface area contributed by atoms with E-state index < -0.39 is 18.5 Å². The molecule has 0 atom stereocenters. The minimum absolute atomic E-state index is 0.0711. The summed E-state index contributed by atoms with van der Waals surface area (Å²) in [4.78, 5) is 39.5. The Bertz CT molecular complexity index is 906. The van der Waals surface area contributed by atoms with E-state index >= 15 is 0 Å². The molecule has 2 amide bonds. The average molecular weight is 431 g/mol. The molecule has 1 aliphatic rings. The van der Waals surface area contributed by atoms with Crippen LogP contribution in [0.15, 0.2) is 41.4 Å². The van der Waals surface area contributed by atoms with Crippen LogP contribution >= 0.6 is 11.8 Å². The maximum Gasteiger partial charge on any atom is 0.339 e. The molecule has 0 bridgehead atoms. The van der Waals surface area contributed by atoms with E-state index in [2.05, 4.69) is 10.4 Å². The molecule has 0 aliphatic carbocycles. The van der Waals surface area contributed by atoms with Crippen LogP contribution in [0.25, 0.3) is 0 Å². The first kappa shape index (κ1) is 21.9. The van der Waals surface area contributed by atoms with Gasteiger partial charge in [0.15, 0.2) is 6.61 Å². The first-order valence-electron chi connectivity index (χ1n) is 9.96. The van der Waals surface area contributed by atoms with Crippen molar-refractivity contribution in [2.45, 2.75) is 37.6 Å². The summed E-state index contributed by atoms with van der Waals surface area (Å²) in [7, 11) is 0. The smallest absolute Gasteiger partial charge is 0.339 e. The minimum atomic E-state index is -0.598. The molecule has 30 heavy (non-hydrogen) atoms. The highest BCUT2D eigenvalue weighted by molar-refractivity contribution is 8.00. The molecule has 8 nitrogen and oxygen atoms in total. The third kappa shape index (κ3) is 5.63. The number of hydrogen-bond acceptors (Lipinski definition) is 6. The monoisotopic (exact) mass is 430 g/mol. The Kier molecular flexibility index (Phi) is 7.51. The second kappa shape index (κ2) is 10.3. The number of aromatic nitrogens is 2. The number of benzene rings is 1. The Labute approximate surface area is 180 Å². The molecule has 0 radical (unpaired) electrons. The Morgan fingerprint density at radius 1 is 1.17 bits per heavy atom. The number of anilines is 1. The third-order valence-corrected chi connectivity index (χ3v) is 5.74. The van der Waals surface area contributed by atoms with Gasteiger partial charge in [0.1, 0.15) is 5.82 Å². The Hall–Kier alpha value is -2.81. The van der Waals surface area contributed by atoms with E-state index in [1.807, 2.05) is 18.7 Å². The van der Waals surface area contributed by atoms with Gasteiger partial charge in [-0.2, -0.15) is 5.10 Å². The fraction of sp³-hybridized carbons (Fsp3) is 0.429. The van der Waals surface area contributed by atoms with Crippen LogP contribution in [0.5, 0.6) is 0 Å². The van der Waals surface area contributed by atoms with Crippen LogP contribution in [0.2, 0.25) is 0 Å². The van der Waals surface area contributed by atoms with Crippen molar-refractivity contribution in [3.8, 4) is 0 Å². The van der Waals surface area contributed by atoms with Gasteiger partial charge in [0.25, 0.3) is 5.91 Å². The number of amides is 2. The number of nitrogens with zero attached hydrogens (tertiary/aromatic N) is 3. The fourth-order valence-corrected chi connectivity index (χ4v) is 4.11. The zero-order valence-electron chi connectivity index (χ0n) is 17.2. The van der Waals surface area contributed by atoms with Crippen molar-refractivity contribution in [2.24, 2.45) is 0 Å². The first-order chi connectivity index (χ1) is 14.5. The fourth-order valence-electron chi connectivity index (χ4n) is 3.17. The van der Waals surface area contributed by atoms with E-state index in [1.54, 1.807) is 41.2 Å². The molecule has 1 fully saturated rings. The lowest BCUT2D eigenvalue weighted by Crippen LogP contribution is -2.29. The van der Waals surface area contributed by atoms with Crippen LogP contribution in [-0.2, 0) is 14.3 Å². The molecule has 9 heteroatoms. The highest BCUT2D eigenvalue weighted by Gasteiger charge is 2.20. The van der Waals surface area contributed by atoms with E-state index in [4.69, 9.17) is 4.74 Å². The van der Waals surface area contributed by atoms with E-state index in [0.717, 1.165) is 25.9 Å². The molecule has 2 heterocycles. The Morgan fingerprint density at radius 2 is 1.90 bits per heavy atom. The summed E-state index contributed by atoms with van der Waals surface area (Å²) in [5.74, 6) is -0.159. The van der Waals surface area contributed by atoms with Crippen molar-refractivity contribution in [1.82, 2.24) is 14.7 Å². The molecule has 0 spiro atoms. The van der Waals surface area contributed by atoms with Crippen molar-refractivity contribution in [3.05, 3.63) is 42.1 Å². The van der Waals surface area contributed by atoms with Crippen molar-refractivity contribution in [3.63, 3.8) is 0 Å². The molecule has 1 aliphatic heterocycles. The van der Waals surface area contributed by atoms with Gasteiger partial charge in [-0.3, -0.25) is 9.59 Å². The maximum atomic E-state index is 12.5. The van der Waals surface area contributed by atoms with Crippen LogP contribution in [0.4, 0.5) is 5.82 Å². The predicted molar refractivity (Wildman–Crippen MR) is 115 cm³/mol. The highest BCUT2D eigenvalue weighted by atomic mass is 32.2. The van der Waals surface area contributed by atoms with E-state index in [0.29, 0.717) is 16.3 Å². The van der Waals surface area contributed by atoms with E-state index in [9.17, 15) is 14.4 Å². The zero-order valence-corrected chi connectivity index (χ0v) is 18.0. The largest absolute Gasteiger partial charge is 0.452 e. The number of carbonyl (C=O) groups excluding carboxylic acids is 3. The number of hydrogen-bond donors (Lipinski definition) is 1. The number of thioether (sulfide) groups is 1. The number of carbonyl (C=O) groups is 3. The highest BCUT2D eigenvalue weighted by Crippen LogP contribution is 2.24. The number of esters is 1. The number of nitrogens with one attached hydrogen (secondary N) is 1. The van der Waals surface area contributed by atoms with Crippen LogP contribution < -0.4 is 5.32 Å². The molecule has 3 rings (SSSR count). The van der Waals surface area contributed by atoms with Gasteiger partial charge in [-0.15, -0.1) is 11.8 Å². The Balaban J connectivity index is 1.54. The second-order valence-corrected chi connectivity index (χ2v) is 8.27. The molecule has 1 aromatic heterocycles. The van der Waals surface area contributed by atoms with E-state index in [1.165, 1.54) is 11.8 Å². The summed E-state index contributed by atoms with van der Waals surface area (Å²) >= 11 is 1.31. The van der Waals surface area contributed by atoms with Crippen molar-refractivity contribution in [1.29, 1.82) is 0 Å². The molecule has 1 saturated heterocycles. The van der Waals surface area contributed by atoms with Crippen LogP contribution in [-0.4, -0.2) is 57.9 Å². The standard InChI is InChI=1S/C21H26N4O4S/c1-15(2)25-18(9-10-22-25)23-19(26)13-29-21(28)16-7-3-4-8-17(16)30-14-20(27)24-11-5-6-12-24/h3-4,7-10,15H,5-6,11-14H2,1-2H3,(H,23,26). The van der Waals surface area contributed by atoms with Gasteiger partial charge in [0.05, 0.1) is 17.5 Å². The van der Waals surface area contributed by atoms with Gasteiger partial charge < -0.3 is 15.0 Å². The predicted octanol–water partition coefficient (Wildman–Crippen LogP) is 2.97. The SMILES string of the molecule is CC(C)n1nccc1NC(=O)COC(=O)c1ccccc1SCC(=O)N1CCCC1. The summed E-state index contributed by atoms with van der Waals surface area (Å²) in [5, 5.41) is 6.84. The molecule has 2 aromatic rings. The van der Waals surface area contributed by atoms with Gasteiger partial charge >= 0.3 is 5.97 Å². The summed E-state index contributed by atoms with van der Waals surface area (Å²) in [6.07, 6.45) is 3.68. The topological polar surface area (TPSA) is 93.5 Å². The van der Waals surface area contributed by atoms with Gasteiger partial charge in [-0.05, 0) is 38.8 Å². The lowest BCUT2D eigenvalue weighted by molar-refractivity contribution is -0.127. The van der Waals surface area contributed by atoms with Gasteiger partial charge in [0, 0.05) is 30.1 Å². The molecule has 160 valence electrons. The van der Waals surface area contributed by atoms with E-state index in [-0.39, 0.29) is 17.7 Å². The van der Waals surface area contributed by atoms with Crippen molar-refractivity contribution < 1.29 is 19.1 Å². The third-order valence-electron chi connectivity index (χ3n) is 4.68. The molecule has 0 saturated carbocycles. The molecular formula is C21H26N4O4S. The summed E-state index contributed by atoms with van der Waals surface area (Å²) in [6, 6.07) is 8.72. The second-order valence-electron chi connectivity index (χ2n) is 7.25. The number of ether oxygens (including phenoxy) is 1. The molecular weight excluding hydrogens is 404 g/mol. The maximum absolute atomic E-state index is 12.5. The van der Waals surface area contributed by atoms with Crippen LogP contribution in [0, 0.1) is 0 Å². The lowest BCUT2D eigenvalue weighted by Gasteiger charge is -2.15. The first-order valence-corrected chi connectivity index (χ1v) is 10.9. The number of rotatable bonds is 8. The van der Waals surface area contributed by atoms with Crippen molar-refractivity contribution >= 4 is 35.4 Å². The Morgan fingerprint density at radius 3 is 2.63 bits per heavy atom. The van der Waals surface area contributed by atoms with Crippen molar-refractivity contribution in [2.75, 3.05) is 30.8 Å². The van der Waals surface area contributed by atoms with Gasteiger partial charge in [0.2, 0.25) is 5.91 Å². The van der Waals surface area contributed by atoms with Gasteiger partial charge in [-0.25, -0.2) is 9.48 Å². The zero-order chi connectivity index (χ0) is 21.5. The summed E-state index contributed by atoms with van der Waals surface area (Å²) in [5.41, 5.74) is 0.344. The average Bonchev–Trinajstić information content (AvgIpc) is 3.42. The van der Waals surface area contributed by atoms with Crippen LogP contribution in [0.1, 0.15) is 43.1 Å². The quantitative estimate of drug-likeness (QED) is 0.511. The summed E-state index contributed by atoms with van der Waals surface area (Å²) in [6.45, 7) is 5.09. The molecule has 0 unspecified atom stereocenters. The number of likely N-dealkylation sites (tertiary alicyclic amines) is 1. The van der Waals surface area contributed by atoms with Gasteiger partial charge in [-0.1, -0.05) is 12.1 Å². The normalized spacial score (nSPS) is 13.5. The minimum Gasteiger partial charge on any atom is -0.452 e. The molecule has 1 aromatic carbocycles. The van der Waals surface area contributed by atoms with Crippen LogP contribution in [0.3, 0.4) is 0 Å².